The number of carbonyl (C=O) groups is 3. The van der Waals surface area contributed by atoms with Gasteiger partial charge in [0.1, 0.15) is 6.54 Å². The molecule has 1 aliphatic rings. The Morgan fingerprint density at radius 3 is 2.63 bits per heavy atom. The summed E-state index contributed by atoms with van der Waals surface area (Å²) in [6, 6.07) is -1.73. The highest BCUT2D eigenvalue weighted by Gasteiger charge is 2.31. The fourth-order valence-electron chi connectivity index (χ4n) is 1.57. The molecular weight excluding hydrogens is 267 g/mol. The third-order valence-electron chi connectivity index (χ3n) is 2.55. The second kappa shape index (κ2) is 6.00. The molecule has 0 radical (unpaired) electrons. The van der Waals surface area contributed by atoms with Crippen LogP contribution < -0.4 is 16.0 Å². The fourth-order valence-corrected chi connectivity index (χ4v) is 1.57. The molecule has 0 aromatic rings. The minimum atomic E-state index is -4.48. The summed E-state index contributed by atoms with van der Waals surface area (Å²) in [5.41, 5.74) is 0. The molecule has 0 aliphatic carbocycles. The first kappa shape index (κ1) is 15.4. The van der Waals surface area contributed by atoms with Gasteiger partial charge in [0, 0.05) is 6.42 Å². The quantitative estimate of drug-likeness (QED) is 0.603. The maximum Gasteiger partial charge on any atom is 0.405 e. The third-order valence-corrected chi connectivity index (χ3v) is 2.55. The average molecular weight is 281 g/mol. The number of alkyl halides is 3. The zero-order valence-electron chi connectivity index (χ0n) is 10.1. The molecule has 1 fully saturated rings. The number of rotatable bonds is 4. The highest BCUT2D eigenvalue weighted by atomic mass is 19.4. The molecule has 2 unspecified atom stereocenters. The molecule has 6 nitrogen and oxygen atoms in total. The number of hydrogen-bond acceptors (Lipinski definition) is 4. The zero-order chi connectivity index (χ0) is 14.6. The van der Waals surface area contributed by atoms with E-state index >= 15 is 0 Å². The van der Waals surface area contributed by atoms with Gasteiger partial charge in [0.25, 0.3) is 0 Å². The molecular formula is C10H14F3N3O3. The van der Waals surface area contributed by atoms with Crippen LogP contribution in [-0.4, -0.2) is 42.5 Å². The van der Waals surface area contributed by atoms with Gasteiger partial charge in [0.05, 0.1) is 12.1 Å². The fraction of sp³-hybridized carbons (Fsp3) is 0.700. The first-order chi connectivity index (χ1) is 8.69. The Kier molecular flexibility index (Phi) is 4.87. The van der Waals surface area contributed by atoms with Crippen LogP contribution in [0.15, 0.2) is 0 Å². The molecule has 2 atom stereocenters. The number of carbonyl (C=O) groups excluding carboxylic acids is 3. The van der Waals surface area contributed by atoms with Crippen molar-refractivity contribution in [3.05, 3.63) is 0 Å². The van der Waals surface area contributed by atoms with E-state index in [4.69, 9.17) is 0 Å². The van der Waals surface area contributed by atoms with Gasteiger partial charge in [0.2, 0.25) is 17.7 Å². The Morgan fingerprint density at radius 2 is 2.11 bits per heavy atom. The number of nitrogens with one attached hydrogen (secondary N) is 3. The number of hydrogen-bond donors (Lipinski definition) is 3. The summed E-state index contributed by atoms with van der Waals surface area (Å²) in [6.45, 7) is -0.0807. The summed E-state index contributed by atoms with van der Waals surface area (Å²) in [6.07, 6.45) is -4.15. The summed E-state index contributed by atoms with van der Waals surface area (Å²) in [7, 11) is 0. The smallest absolute Gasteiger partial charge is 0.346 e. The topological polar surface area (TPSA) is 87.3 Å². The van der Waals surface area contributed by atoms with Crippen molar-refractivity contribution >= 4 is 17.7 Å². The van der Waals surface area contributed by atoms with E-state index in [9.17, 15) is 27.6 Å². The molecule has 1 rings (SSSR count). The first-order valence-corrected chi connectivity index (χ1v) is 5.63. The molecule has 1 heterocycles. The normalized spacial score (nSPS) is 21.8. The van der Waals surface area contributed by atoms with Crippen molar-refractivity contribution in [3.8, 4) is 0 Å². The molecule has 3 amide bonds. The van der Waals surface area contributed by atoms with E-state index in [1.807, 2.05) is 0 Å². The van der Waals surface area contributed by atoms with Crippen molar-refractivity contribution < 1.29 is 27.6 Å². The molecule has 9 heteroatoms. The van der Waals surface area contributed by atoms with E-state index in [0.717, 1.165) is 0 Å². The van der Waals surface area contributed by atoms with Crippen LogP contribution in [0.5, 0.6) is 0 Å². The summed E-state index contributed by atoms with van der Waals surface area (Å²) in [5.74, 6) is -1.84. The molecule has 3 N–H and O–H groups in total. The van der Waals surface area contributed by atoms with Gasteiger partial charge < -0.3 is 5.32 Å². The van der Waals surface area contributed by atoms with Gasteiger partial charge in [-0.25, -0.2) is 0 Å². The lowest BCUT2D eigenvalue weighted by Crippen LogP contribution is -2.56. The lowest BCUT2D eigenvalue weighted by atomic mass is 10.1. The Morgan fingerprint density at radius 1 is 1.47 bits per heavy atom. The first-order valence-electron chi connectivity index (χ1n) is 5.63. The predicted molar refractivity (Wildman–Crippen MR) is 57.8 cm³/mol. The second-order valence-corrected chi connectivity index (χ2v) is 4.23. The van der Waals surface area contributed by atoms with Crippen molar-refractivity contribution in [3.63, 3.8) is 0 Å². The van der Waals surface area contributed by atoms with Gasteiger partial charge in [-0.3, -0.25) is 25.0 Å². The highest BCUT2D eigenvalue weighted by molar-refractivity contribution is 6.00. The van der Waals surface area contributed by atoms with Crippen molar-refractivity contribution in [1.82, 2.24) is 16.0 Å². The number of piperidine rings is 1. The van der Waals surface area contributed by atoms with Crippen molar-refractivity contribution in [2.24, 2.45) is 0 Å². The predicted octanol–water partition coefficient (Wildman–Crippen LogP) is -0.552. The van der Waals surface area contributed by atoms with Gasteiger partial charge in [-0.05, 0) is 13.3 Å². The Balaban J connectivity index is 2.41. The summed E-state index contributed by atoms with van der Waals surface area (Å²) in [4.78, 5) is 33.6. The van der Waals surface area contributed by atoms with Crippen molar-refractivity contribution in [1.29, 1.82) is 0 Å². The van der Waals surface area contributed by atoms with Crippen LogP contribution in [0.2, 0.25) is 0 Å². The number of amides is 3. The molecule has 108 valence electrons. The van der Waals surface area contributed by atoms with Crippen LogP contribution in [0.1, 0.15) is 19.8 Å². The molecule has 0 bridgehead atoms. The maximum atomic E-state index is 11.9. The van der Waals surface area contributed by atoms with Crippen LogP contribution >= 0.6 is 0 Å². The maximum absolute atomic E-state index is 11.9. The van der Waals surface area contributed by atoms with Crippen LogP contribution in [0.25, 0.3) is 0 Å². The van der Waals surface area contributed by atoms with Crippen molar-refractivity contribution in [2.45, 2.75) is 38.0 Å². The SMILES string of the molecule is CC(NC1CCC(=O)NC1=O)C(=O)NCC(F)(F)F. The molecule has 1 aliphatic heterocycles. The molecule has 0 spiro atoms. The average Bonchev–Trinajstić information content (AvgIpc) is 2.28. The molecule has 1 saturated heterocycles. The number of imide groups is 1. The van der Waals surface area contributed by atoms with E-state index in [1.54, 1.807) is 5.32 Å². The van der Waals surface area contributed by atoms with Crippen LogP contribution in [-0.2, 0) is 14.4 Å². The van der Waals surface area contributed by atoms with Gasteiger partial charge >= 0.3 is 6.18 Å². The summed E-state index contributed by atoms with van der Waals surface area (Å²) >= 11 is 0. The Bertz CT molecular complexity index is 384. The van der Waals surface area contributed by atoms with E-state index in [2.05, 4.69) is 10.6 Å². The lowest BCUT2D eigenvalue weighted by Gasteiger charge is -2.25. The molecule has 19 heavy (non-hydrogen) atoms. The highest BCUT2D eigenvalue weighted by Crippen LogP contribution is 2.12. The summed E-state index contributed by atoms with van der Waals surface area (Å²) in [5, 5.41) is 6.37. The van der Waals surface area contributed by atoms with Gasteiger partial charge in [-0.15, -0.1) is 0 Å². The second-order valence-electron chi connectivity index (χ2n) is 4.23. The van der Waals surface area contributed by atoms with Gasteiger partial charge in [0.15, 0.2) is 0 Å². The largest absolute Gasteiger partial charge is 0.405 e. The van der Waals surface area contributed by atoms with Crippen LogP contribution in [0.3, 0.4) is 0 Å². The van der Waals surface area contributed by atoms with E-state index in [0.29, 0.717) is 0 Å². The van der Waals surface area contributed by atoms with Gasteiger partial charge in [-0.1, -0.05) is 0 Å². The van der Waals surface area contributed by atoms with Gasteiger partial charge in [-0.2, -0.15) is 13.2 Å². The van der Waals surface area contributed by atoms with E-state index < -0.39 is 42.5 Å². The molecule has 0 aromatic carbocycles. The Labute approximate surface area is 107 Å². The standard InChI is InChI=1S/C10H14F3N3O3/c1-5(8(18)14-4-10(11,12)13)15-6-2-3-7(17)16-9(6)19/h5-6,15H,2-4H2,1H3,(H,14,18)(H,16,17,19). The molecule has 0 saturated carbocycles. The minimum absolute atomic E-state index is 0.125. The molecule has 0 aromatic heterocycles. The minimum Gasteiger partial charge on any atom is -0.346 e. The van der Waals surface area contributed by atoms with Crippen molar-refractivity contribution in [2.75, 3.05) is 6.54 Å². The van der Waals surface area contributed by atoms with Crippen LogP contribution in [0.4, 0.5) is 13.2 Å². The van der Waals surface area contributed by atoms with E-state index in [-0.39, 0.29) is 12.8 Å². The van der Waals surface area contributed by atoms with Crippen LogP contribution in [0, 0.1) is 0 Å². The Hall–Kier alpha value is -1.64. The number of halogens is 3. The lowest BCUT2D eigenvalue weighted by molar-refractivity contribution is -0.140. The third kappa shape index (κ3) is 5.25. The zero-order valence-corrected chi connectivity index (χ0v) is 10.1. The van der Waals surface area contributed by atoms with E-state index in [1.165, 1.54) is 6.92 Å². The summed E-state index contributed by atoms with van der Waals surface area (Å²) < 4.78 is 35.7. The monoisotopic (exact) mass is 281 g/mol.